The maximum absolute atomic E-state index is 11.7. The van der Waals surface area contributed by atoms with Crippen molar-refractivity contribution in [1.29, 1.82) is 0 Å². The highest BCUT2D eigenvalue weighted by molar-refractivity contribution is 5.91. The Hall–Kier alpha value is -2.44. The summed E-state index contributed by atoms with van der Waals surface area (Å²) in [6, 6.07) is 1.68. The van der Waals surface area contributed by atoms with Crippen LogP contribution in [0.1, 0.15) is 23.2 Å². The molecule has 0 saturated heterocycles. The van der Waals surface area contributed by atoms with Crippen LogP contribution >= 0.6 is 0 Å². The van der Waals surface area contributed by atoms with E-state index in [1.54, 1.807) is 6.07 Å². The summed E-state index contributed by atoms with van der Waals surface area (Å²) in [5, 5.41) is 9.20. The molecule has 7 heteroatoms. The van der Waals surface area contributed by atoms with Crippen molar-refractivity contribution in [2.75, 3.05) is 11.9 Å². The maximum atomic E-state index is 11.7. The molecule has 0 fully saturated rings. The monoisotopic (exact) mass is 247 g/mol. The van der Waals surface area contributed by atoms with Crippen LogP contribution in [0.4, 0.5) is 5.82 Å². The van der Waals surface area contributed by atoms with Crippen LogP contribution in [-0.2, 0) is 6.54 Å². The number of carbonyl (C=O) groups excluding carboxylic acids is 1. The average Bonchev–Trinajstić information content (AvgIpc) is 2.90. The molecule has 0 bridgehead atoms. The van der Waals surface area contributed by atoms with Gasteiger partial charge in [0, 0.05) is 12.6 Å². The second-order valence-electron chi connectivity index (χ2n) is 3.48. The summed E-state index contributed by atoms with van der Waals surface area (Å²) in [7, 11) is 0. The van der Waals surface area contributed by atoms with Gasteiger partial charge in [-0.2, -0.15) is 0 Å². The van der Waals surface area contributed by atoms with Crippen LogP contribution in [0.25, 0.3) is 0 Å². The maximum Gasteiger partial charge on any atom is 0.271 e. The van der Waals surface area contributed by atoms with Gasteiger partial charge in [0.2, 0.25) is 0 Å². The number of rotatable bonds is 5. The minimum atomic E-state index is -0.304. The molecule has 2 aromatic rings. The topological polar surface area (TPSA) is 92.9 Å². The molecule has 0 aromatic carbocycles. The Kier molecular flexibility index (Phi) is 3.85. The van der Waals surface area contributed by atoms with Gasteiger partial charge in [0.1, 0.15) is 11.5 Å². The van der Waals surface area contributed by atoms with Crippen LogP contribution < -0.4 is 10.6 Å². The van der Waals surface area contributed by atoms with Crippen molar-refractivity contribution in [3.8, 4) is 0 Å². The molecule has 0 aliphatic rings. The second-order valence-corrected chi connectivity index (χ2v) is 3.48. The van der Waals surface area contributed by atoms with E-state index in [2.05, 4.69) is 25.8 Å². The van der Waals surface area contributed by atoms with Crippen LogP contribution in [0.2, 0.25) is 0 Å². The zero-order chi connectivity index (χ0) is 12.8. The number of nitrogens with zero attached hydrogens (tertiary/aromatic N) is 3. The minimum absolute atomic E-state index is 0.260. The average molecular weight is 247 g/mol. The van der Waals surface area contributed by atoms with E-state index in [4.69, 9.17) is 4.52 Å². The predicted molar refractivity (Wildman–Crippen MR) is 63.9 cm³/mol. The van der Waals surface area contributed by atoms with Gasteiger partial charge in [-0.05, 0) is 6.92 Å². The lowest BCUT2D eigenvalue weighted by atomic mass is 10.4. The Bertz CT molecular complexity index is 495. The second kappa shape index (κ2) is 5.76. The molecule has 94 valence electrons. The Labute approximate surface area is 104 Å². The fraction of sp³-hybridized carbons (Fsp3) is 0.273. The molecule has 0 saturated carbocycles. The van der Waals surface area contributed by atoms with E-state index >= 15 is 0 Å². The number of nitrogens with one attached hydrogen (secondary N) is 2. The lowest BCUT2D eigenvalue weighted by Crippen LogP contribution is -2.23. The Balaban J connectivity index is 1.92. The van der Waals surface area contributed by atoms with Gasteiger partial charge in [0.05, 0.1) is 25.1 Å². The van der Waals surface area contributed by atoms with Crippen LogP contribution in [0, 0.1) is 0 Å². The summed E-state index contributed by atoms with van der Waals surface area (Å²) in [6.07, 6.45) is 4.47. The number of anilines is 1. The first-order valence-electron chi connectivity index (χ1n) is 5.53. The highest BCUT2D eigenvalue weighted by Gasteiger charge is 2.08. The first kappa shape index (κ1) is 12.0. The molecular weight excluding hydrogens is 234 g/mol. The van der Waals surface area contributed by atoms with E-state index in [9.17, 15) is 4.79 Å². The third-order valence-corrected chi connectivity index (χ3v) is 2.16. The molecular formula is C11H13N5O2. The van der Waals surface area contributed by atoms with E-state index < -0.39 is 0 Å². The summed E-state index contributed by atoms with van der Waals surface area (Å²) in [4.78, 5) is 19.8. The molecule has 18 heavy (non-hydrogen) atoms. The van der Waals surface area contributed by atoms with Crippen LogP contribution in [0.5, 0.6) is 0 Å². The van der Waals surface area contributed by atoms with E-state index in [1.165, 1.54) is 18.6 Å². The van der Waals surface area contributed by atoms with Gasteiger partial charge >= 0.3 is 0 Å². The molecule has 0 aliphatic heterocycles. The fourth-order valence-corrected chi connectivity index (χ4v) is 1.31. The van der Waals surface area contributed by atoms with Gasteiger partial charge in [0.15, 0.2) is 5.76 Å². The summed E-state index contributed by atoms with van der Waals surface area (Å²) < 4.78 is 4.86. The van der Waals surface area contributed by atoms with E-state index in [0.29, 0.717) is 11.6 Å². The summed E-state index contributed by atoms with van der Waals surface area (Å²) in [6.45, 7) is 2.99. The first-order chi connectivity index (χ1) is 8.79. The van der Waals surface area contributed by atoms with Gasteiger partial charge in [-0.1, -0.05) is 5.16 Å². The van der Waals surface area contributed by atoms with Gasteiger partial charge < -0.3 is 15.2 Å². The van der Waals surface area contributed by atoms with Gasteiger partial charge in [-0.25, -0.2) is 9.97 Å². The molecule has 2 heterocycles. The molecule has 0 radical (unpaired) electrons. The predicted octanol–water partition coefficient (Wildman–Crippen LogP) is 0.826. The number of hydrogen-bond acceptors (Lipinski definition) is 6. The molecule has 2 N–H and O–H groups in total. The van der Waals surface area contributed by atoms with Crippen molar-refractivity contribution in [2.45, 2.75) is 13.5 Å². The minimum Gasteiger partial charge on any atom is -0.369 e. The molecule has 1 amide bonds. The molecule has 0 spiro atoms. The summed E-state index contributed by atoms with van der Waals surface area (Å²) >= 11 is 0. The number of carbonyl (C=O) groups is 1. The highest BCUT2D eigenvalue weighted by atomic mass is 16.5. The van der Waals surface area contributed by atoms with Crippen molar-refractivity contribution < 1.29 is 9.32 Å². The smallest absolute Gasteiger partial charge is 0.271 e. The SMILES string of the molecule is CCNc1cnc(C(=O)NCc2ccno2)cn1. The van der Waals surface area contributed by atoms with E-state index in [1.807, 2.05) is 6.92 Å². The van der Waals surface area contributed by atoms with Crippen molar-refractivity contribution in [1.82, 2.24) is 20.4 Å². The van der Waals surface area contributed by atoms with Gasteiger partial charge in [-0.3, -0.25) is 4.79 Å². The Morgan fingerprint density at radius 3 is 2.89 bits per heavy atom. The van der Waals surface area contributed by atoms with Crippen molar-refractivity contribution in [2.24, 2.45) is 0 Å². The normalized spacial score (nSPS) is 10.1. The van der Waals surface area contributed by atoms with E-state index in [0.717, 1.165) is 6.54 Å². The highest BCUT2D eigenvalue weighted by Crippen LogP contribution is 2.01. The Morgan fingerprint density at radius 2 is 2.28 bits per heavy atom. The number of amides is 1. The van der Waals surface area contributed by atoms with Crippen LogP contribution in [0.3, 0.4) is 0 Å². The lowest BCUT2D eigenvalue weighted by Gasteiger charge is -2.04. The quantitative estimate of drug-likeness (QED) is 0.812. The third kappa shape index (κ3) is 3.03. The van der Waals surface area contributed by atoms with Crippen LogP contribution in [0.15, 0.2) is 29.2 Å². The van der Waals surface area contributed by atoms with Crippen molar-refractivity contribution in [3.63, 3.8) is 0 Å². The van der Waals surface area contributed by atoms with Crippen LogP contribution in [-0.4, -0.2) is 27.6 Å². The summed E-state index contributed by atoms with van der Waals surface area (Å²) in [5.74, 6) is 0.923. The molecule has 2 rings (SSSR count). The third-order valence-electron chi connectivity index (χ3n) is 2.16. The lowest BCUT2D eigenvalue weighted by molar-refractivity contribution is 0.0941. The standard InChI is InChI=1S/C11H13N5O2/c1-2-12-10-7-13-9(6-14-10)11(17)15-5-8-3-4-16-18-8/h3-4,6-7H,2,5H2,1H3,(H,12,14)(H,15,17). The number of hydrogen-bond donors (Lipinski definition) is 2. The summed E-state index contributed by atoms with van der Waals surface area (Å²) in [5.41, 5.74) is 0.260. The van der Waals surface area contributed by atoms with Crippen molar-refractivity contribution in [3.05, 3.63) is 36.1 Å². The Morgan fingerprint density at radius 1 is 1.39 bits per heavy atom. The molecule has 0 aliphatic carbocycles. The zero-order valence-corrected chi connectivity index (χ0v) is 9.88. The molecule has 0 unspecified atom stereocenters. The first-order valence-corrected chi connectivity index (χ1v) is 5.53. The van der Waals surface area contributed by atoms with Gasteiger partial charge in [-0.15, -0.1) is 0 Å². The molecule has 7 nitrogen and oxygen atoms in total. The number of aromatic nitrogens is 3. The largest absolute Gasteiger partial charge is 0.369 e. The van der Waals surface area contributed by atoms with Crippen molar-refractivity contribution >= 4 is 11.7 Å². The molecule has 2 aromatic heterocycles. The fourth-order valence-electron chi connectivity index (χ4n) is 1.31. The van der Waals surface area contributed by atoms with Gasteiger partial charge in [0.25, 0.3) is 5.91 Å². The van der Waals surface area contributed by atoms with E-state index in [-0.39, 0.29) is 18.1 Å². The molecule has 0 atom stereocenters. The zero-order valence-electron chi connectivity index (χ0n) is 9.88.